The van der Waals surface area contributed by atoms with Gasteiger partial charge in [-0.1, -0.05) is 12.1 Å². The first-order chi connectivity index (χ1) is 13.3. The SMILES string of the molecule is Fc1cccc(-c2cc3cc(-c4ccncn4)c(-c4ccco4)nc3[nH]2)c1. The van der Waals surface area contributed by atoms with Crippen molar-refractivity contribution >= 4 is 11.0 Å². The van der Waals surface area contributed by atoms with E-state index < -0.39 is 0 Å². The number of benzene rings is 1. The molecule has 0 unspecified atom stereocenters. The average Bonchev–Trinajstić information content (AvgIpc) is 3.37. The maximum atomic E-state index is 13.6. The van der Waals surface area contributed by atoms with Gasteiger partial charge in [-0.05, 0) is 42.5 Å². The van der Waals surface area contributed by atoms with E-state index in [1.54, 1.807) is 18.5 Å². The minimum atomic E-state index is -0.280. The zero-order valence-electron chi connectivity index (χ0n) is 14.1. The van der Waals surface area contributed by atoms with Crippen LogP contribution in [0.25, 0.3) is 45.0 Å². The molecule has 0 aliphatic carbocycles. The number of aromatic amines is 1. The van der Waals surface area contributed by atoms with E-state index in [4.69, 9.17) is 9.40 Å². The van der Waals surface area contributed by atoms with Gasteiger partial charge in [0.1, 0.15) is 23.5 Å². The summed E-state index contributed by atoms with van der Waals surface area (Å²) in [6.07, 6.45) is 4.80. The van der Waals surface area contributed by atoms with Crippen molar-refractivity contribution in [3.05, 3.63) is 79.2 Å². The monoisotopic (exact) mass is 356 g/mol. The molecule has 27 heavy (non-hydrogen) atoms. The quantitative estimate of drug-likeness (QED) is 0.489. The molecule has 0 amide bonds. The summed E-state index contributed by atoms with van der Waals surface area (Å²) in [6, 6.07) is 15.9. The van der Waals surface area contributed by atoms with Gasteiger partial charge in [-0.3, -0.25) is 0 Å². The summed E-state index contributed by atoms with van der Waals surface area (Å²) in [5.74, 6) is 0.365. The molecule has 0 bridgehead atoms. The third-order valence-corrected chi connectivity index (χ3v) is 4.35. The second kappa shape index (κ2) is 6.17. The molecule has 130 valence electrons. The summed E-state index contributed by atoms with van der Waals surface area (Å²) in [7, 11) is 0. The second-order valence-corrected chi connectivity index (χ2v) is 6.09. The zero-order chi connectivity index (χ0) is 18.2. The Morgan fingerprint density at radius 1 is 1.00 bits per heavy atom. The van der Waals surface area contributed by atoms with Crippen molar-refractivity contribution in [2.75, 3.05) is 0 Å². The molecule has 4 aromatic heterocycles. The Morgan fingerprint density at radius 2 is 1.96 bits per heavy atom. The number of H-pyrrole nitrogens is 1. The van der Waals surface area contributed by atoms with Crippen LogP contribution >= 0.6 is 0 Å². The fourth-order valence-corrected chi connectivity index (χ4v) is 3.12. The minimum Gasteiger partial charge on any atom is -0.463 e. The standard InChI is InChI=1S/C21H13FN4O/c22-15-4-1-3-13(9-15)18-11-14-10-16(17-6-7-23-12-24-17)20(26-21(14)25-18)19-5-2-8-27-19/h1-12H,(H,25,26). The number of halogens is 1. The Balaban J connectivity index is 1.74. The maximum absolute atomic E-state index is 13.6. The van der Waals surface area contributed by atoms with Crippen LogP contribution < -0.4 is 0 Å². The molecule has 1 aromatic carbocycles. The van der Waals surface area contributed by atoms with Gasteiger partial charge in [-0.15, -0.1) is 0 Å². The van der Waals surface area contributed by atoms with Crippen molar-refractivity contribution in [3.63, 3.8) is 0 Å². The summed E-state index contributed by atoms with van der Waals surface area (Å²) in [6.45, 7) is 0. The van der Waals surface area contributed by atoms with Gasteiger partial charge < -0.3 is 9.40 Å². The molecule has 0 aliphatic rings. The van der Waals surface area contributed by atoms with Crippen molar-refractivity contribution in [1.82, 2.24) is 19.9 Å². The summed E-state index contributed by atoms with van der Waals surface area (Å²) in [4.78, 5) is 16.4. The van der Waals surface area contributed by atoms with Crippen LogP contribution in [0.4, 0.5) is 4.39 Å². The van der Waals surface area contributed by atoms with E-state index >= 15 is 0 Å². The molecule has 0 saturated carbocycles. The van der Waals surface area contributed by atoms with E-state index in [9.17, 15) is 4.39 Å². The first-order valence-electron chi connectivity index (χ1n) is 8.38. The van der Waals surface area contributed by atoms with Crippen LogP contribution in [0, 0.1) is 5.82 Å². The second-order valence-electron chi connectivity index (χ2n) is 6.09. The molecule has 6 heteroatoms. The summed E-state index contributed by atoms with van der Waals surface area (Å²) >= 11 is 0. The van der Waals surface area contributed by atoms with Gasteiger partial charge in [0.2, 0.25) is 0 Å². The van der Waals surface area contributed by atoms with Gasteiger partial charge in [0, 0.05) is 28.4 Å². The molecule has 0 fully saturated rings. The largest absolute Gasteiger partial charge is 0.463 e. The van der Waals surface area contributed by atoms with E-state index in [-0.39, 0.29) is 5.82 Å². The van der Waals surface area contributed by atoms with E-state index in [2.05, 4.69) is 15.0 Å². The lowest BCUT2D eigenvalue weighted by Crippen LogP contribution is -1.92. The number of aromatic nitrogens is 4. The van der Waals surface area contributed by atoms with Gasteiger partial charge in [-0.25, -0.2) is 19.3 Å². The third-order valence-electron chi connectivity index (χ3n) is 4.35. The lowest BCUT2D eigenvalue weighted by Gasteiger charge is -2.06. The first-order valence-corrected chi connectivity index (χ1v) is 8.38. The highest BCUT2D eigenvalue weighted by molar-refractivity contribution is 5.91. The lowest BCUT2D eigenvalue weighted by atomic mass is 10.1. The van der Waals surface area contributed by atoms with Gasteiger partial charge in [-0.2, -0.15) is 0 Å². The number of nitrogens with zero attached hydrogens (tertiary/aromatic N) is 3. The number of hydrogen-bond acceptors (Lipinski definition) is 4. The van der Waals surface area contributed by atoms with Crippen LogP contribution in [0.15, 0.2) is 77.8 Å². The lowest BCUT2D eigenvalue weighted by molar-refractivity contribution is 0.580. The molecule has 5 rings (SSSR count). The predicted molar refractivity (Wildman–Crippen MR) is 100 cm³/mol. The van der Waals surface area contributed by atoms with Crippen molar-refractivity contribution < 1.29 is 8.81 Å². The molecule has 0 spiro atoms. The highest BCUT2D eigenvalue weighted by Crippen LogP contribution is 2.34. The molecule has 0 aliphatic heterocycles. The Hall–Kier alpha value is -3.80. The number of fused-ring (bicyclic) bond motifs is 1. The number of pyridine rings is 1. The molecule has 4 heterocycles. The fourth-order valence-electron chi connectivity index (χ4n) is 3.12. The summed E-state index contributed by atoms with van der Waals surface area (Å²) in [5.41, 5.74) is 4.51. The maximum Gasteiger partial charge on any atom is 0.153 e. The molecule has 0 saturated heterocycles. The first kappa shape index (κ1) is 15.5. The van der Waals surface area contributed by atoms with E-state index in [0.717, 1.165) is 27.9 Å². The van der Waals surface area contributed by atoms with Crippen molar-refractivity contribution in [2.24, 2.45) is 0 Å². The van der Waals surface area contributed by atoms with Crippen molar-refractivity contribution in [2.45, 2.75) is 0 Å². The number of nitrogens with one attached hydrogen (secondary N) is 1. The smallest absolute Gasteiger partial charge is 0.153 e. The normalized spacial score (nSPS) is 11.1. The summed E-state index contributed by atoms with van der Waals surface area (Å²) in [5, 5.41) is 0.901. The average molecular weight is 356 g/mol. The number of furan rings is 1. The Bertz CT molecular complexity index is 1230. The molecule has 0 atom stereocenters. The van der Waals surface area contributed by atoms with Crippen LogP contribution in [0.1, 0.15) is 0 Å². The molecule has 5 nitrogen and oxygen atoms in total. The highest BCUT2D eigenvalue weighted by atomic mass is 19.1. The molecule has 5 aromatic rings. The molecule has 0 radical (unpaired) electrons. The van der Waals surface area contributed by atoms with E-state index in [1.807, 2.05) is 36.4 Å². The number of rotatable bonds is 3. The fraction of sp³-hybridized carbons (Fsp3) is 0. The van der Waals surface area contributed by atoms with Gasteiger partial charge in [0.05, 0.1) is 12.0 Å². The molecular formula is C21H13FN4O. The predicted octanol–water partition coefficient (Wildman–Crippen LogP) is 5.09. The highest BCUT2D eigenvalue weighted by Gasteiger charge is 2.16. The van der Waals surface area contributed by atoms with Crippen molar-refractivity contribution in [3.8, 4) is 34.0 Å². The van der Waals surface area contributed by atoms with E-state index in [1.165, 1.54) is 18.5 Å². The van der Waals surface area contributed by atoms with Crippen LogP contribution in [0.3, 0.4) is 0 Å². The summed E-state index contributed by atoms with van der Waals surface area (Å²) < 4.78 is 19.2. The van der Waals surface area contributed by atoms with Gasteiger partial charge in [0.25, 0.3) is 0 Å². The molecule has 1 N–H and O–H groups in total. The Labute approximate surface area is 153 Å². The third kappa shape index (κ3) is 2.77. The Kier molecular flexibility index (Phi) is 3.53. The number of hydrogen-bond donors (Lipinski definition) is 1. The van der Waals surface area contributed by atoms with Crippen molar-refractivity contribution in [1.29, 1.82) is 0 Å². The van der Waals surface area contributed by atoms with Gasteiger partial charge >= 0.3 is 0 Å². The zero-order valence-corrected chi connectivity index (χ0v) is 14.1. The Morgan fingerprint density at radius 3 is 2.74 bits per heavy atom. The topological polar surface area (TPSA) is 67.6 Å². The van der Waals surface area contributed by atoms with E-state index in [0.29, 0.717) is 17.1 Å². The van der Waals surface area contributed by atoms with Crippen LogP contribution in [0.5, 0.6) is 0 Å². The van der Waals surface area contributed by atoms with Crippen LogP contribution in [0.2, 0.25) is 0 Å². The van der Waals surface area contributed by atoms with Crippen LogP contribution in [-0.4, -0.2) is 19.9 Å². The minimum absolute atomic E-state index is 0.280. The van der Waals surface area contributed by atoms with Gasteiger partial charge in [0.15, 0.2) is 5.76 Å². The molecular weight excluding hydrogens is 343 g/mol. The van der Waals surface area contributed by atoms with Crippen LogP contribution in [-0.2, 0) is 0 Å².